The zero-order valence-corrected chi connectivity index (χ0v) is 11.5. The van der Waals surface area contributed by atoms with Crippen LogP contribution in [0.4, 0.5) is 0 Å². The molecule has 0 fully saturated rings. The molecule has 1 aromatic rings. The molecule has 16 heavy (non-hydrogen) atoms. The van der Waals surface area contributed by atoms with Gasteiger partial charge in [0.05, 0.1) is 0 Å². The highest BCUT2D eigenvalue weighted by molar-refractivity contribution is 6.28. The van der Waals surface area contributed by atoms with Gasteiger partial charge >= 0.3 is 0 Å². The number of unbranched alkanes of at least 4 members (excludes halogenated alkanes) is 3. The van der Waals surface area contributed by atoms with Gasteiger partial charge in [-0.25, -0.2) is 0 Å². The van der Waals surface area contributed by atoms with Crippen LogP contribution in [-0.4, -0.2) is 14.8 Å². The second-order valence-electron chi connectivity index (χ2n) is 5.25. The fourth-order valence-corrected chi connectivity index (χ4v) is 1.94. The molecule has 0 radical (unpaired) electrons. The molecule has 3 nitrogen and oxygen atoms in total. The maximum atomic E-state index is 6.05. The molecule has 0 saturated carbocycles. The summed E-state index contributed by atoms with van der Waals surface area (Å²) in [4.78, 5) is 0. The molecule has 0 saturated heterocycles. The van der Waals surface area contributed by atoms with Crippen LogP contribution >= 0.6 is 11.6 Å². The highest BCUT2D eigenvalue weighted by atomic mass is 35.5. The van der Waals surface area contributed by atoms with Crippen LogP contribution < -0.4 is 0 Å². The standard InChI is InChI=1S/C12H22ClN3/c1-5-6-7-8-9-16-10(12(2,3)4)14-15-11(16)13/h5-9H2,1-4H3. The van der Waals surface area contributed by atoms with E-state index in [4.69, 9.17) is 11.6 Å². The van der Waals surface area contributed by atoms with Gasteiger partial charge in [0, 0.05) is 12.0 Å². The number of aromatic nitrogens is 3. The molecular formula is C12H22ClN3. The maximum absolute atomic E-state index is 6.05. The topological polar surface area (TPSA) is 30.7 Å². The third-order valence-corrected chi connectivity index (χ3v) is 2.89. The van der Waals surface area contributed by atoms with Crippen LogP contribution in [0, 0.1) is 0 Å². The summed E-state index contributed by atoms with van der Waals surface area (Å²) in [6.45, 7) is 9.55. The number of hydrogen-bond acceptors (Lipinski definition) is 2. The molecule has 0 bridgehead atoms. The number of halogens is 1. The normalized spacial score (nSPS) is 12.1. The summed E-state index contributed by atoms with van der Waals surface area (Å²) in [7, 11) is 0. The van der Waals surface area contributed by atoms with Crippen LogP contribution in [0.1, 0.15) is 59.2 Å². The molecule has 92 valence electrons. The van der Waals surface area contributed by atoms with Crippen LogP contribution in [0.3, 0.4) is 0 Å². The first-order valence-corrected chi connectivity index (χ1v) is 6.43. The summed E-state index contributed by atoms with van der Waals surface area (Å²) in [6, 6.07) is 0. The average Bonchev–Trinajstić information content (AvgIpc) is 2.54. The predicted octanol–water partition coefficient (Wildman–Crippen LogP) is 3.81. The van der Waals surface area contributed by atoms with E-state index in [1.165, 1.54) is 19.3 Å². The predicted molar refractivity (Wildman–Crippen MR) is 67.9 cm³/mol. The van der Waals surface area contributed by atoms with E-state index in [0.29, 0.717) is 5.28 Å². The first-order valence-electron chi connectivity index (χ1n) is 6.06. The minimum absolute atomic E-state index is 0.00486. The van der Waals surface area contributed by atoms with Crippen LogP contribution in [-0.2, 0) is 12.0 Å². The van der Waals surface area contributed by atoms with Gasteiger partial charge in [0.15, 0.2) is 0 Å². The third-order valence-electron chi connectivity index (χ3n) is 2.61. The zero-order valence-electron chi connectivity index (χ0n) is 10.8. The Kier molecular flexibility index (Phi) is 4.78. The summed E-state index contributed by atoms with van der Waals surface area (Å²) in [5.41, 5.74) is 0.00486. The average molecular weight is 244 g/mol. The Balaban J connectivity index is 2.67. The Morgan fingerprint density at radius 2 is 1.81 bits per heavy atom. The van der Waals surface area contributed by atoms with Crippen molar-refractivity contribution in [3.63, 3.8) is 0 Å². The lowest BCUT2D eigenvalue weighted by Gasteiger charge is -2.18. The van der Waals surface area contributed by atoms with Gasteiger partial charge in [-0.1, -0.05) is 47.0 Å². The van der Waals surface area contributed by atoms with E-state index in [1.54, 1.807) is 0 Å². The molecule has 0 unspecified atom stereocenters. The molecule has 4 heteroatoms. The van der Waals surface area contributed by atoms with E-state index in [0.717, 1.165) is 18.8 Å². The molecule has 0 N–H and O–H groups in total. The van der Waals surface area contributed by atoms with Gasteiger partial charge in [-0.15, -0.1) is 10.2 Å². The molecule has 0 amide bonds. The van der Waals surface area contributed by atoms with Gasteiger partial charge in [-0.2, -0.15) is 0 Å². The summed E-state index contributed by atoms with van der Waals surface area (Å²) >= 11 is 6.05. The maximum Gasteiger partial charge on any atom is 0.225 e. The molecule has 0 aliphatic rings. The SMILES string of the molecule is CCCCCCn1c(Cl)nnc1C(C)(C)C. The van der Waals surface area contributed by atoms with E-state index in [-0.39, 0.29) is 5.41 Å². The minimum Gasteiger partial charge on any atom is -0.301 e. The number of hydrogen-bond donors (Lipinski definition) is 0. The summed E-state index contributed by atoms with van der Waals surface area (Å²) in [5, 5.41) is 8.64. The second kappa shape index (κ2) is 5.67. The van der Waals surface area contributed by atoms with Crippen molar-refractivity contribution < 1.29 is 0 Å². The van der Waals surface area contributed by atoms with Crippen molar-refractivity contribution in [2.45, 2.75) is 65.3 Å². The quantitative estimate of drug-likeness (QED) is 0.737. The van der Waals surface area contributed by atoms with Crippen molar-refractivity contribution in [2.75, 3.05) is 0 Å². The van der Waals surface area contributed by atoms with Gasteiger partial charge in [0.2, 0.25) is 5.28 Å². The summed E-state index contributed by atoms with van der Waals surface area (Å²) in [5.74, 6) is 0.981. The summed E-state index contributed by atoms with van der Waals surface area (Å²) in [6.07, 6.45) is 4.93. The van der Waals surface area contributed by atoms with Gasteiger partial charge < -0.3 is 4.57 Å². The molecule has 1 aromatic heterocycles. The van der Waals surface area contributed by atoms with Crippen LogP contribution in [0.5, 0.6) is 0 Å². The fraction of sp³-hybridized carbons (Fsp3) is 0.833. The first kappa shape index (κ1) is 13.5. The first-order chi connectivity index (χ1) is 7.46. The van der Waals surface area contributed by atoms with Crippen LogP contribution in [0.15, 0.2) is 0 Å². The highest BCUT2D eigenvalue weighted by Crippen LogP contribution is 2.23. The largest absolute Gasteiger partial charge is 0.301 e. The van der Waals surface area contributed by atoms with E-state index in [1.807, 2.05) is 4.57 Å². The second-order valence-corrected chi connectivity index (χ2v) is 5.59. The van der Waals surface area contributed by atoms with E-state index >= 15 is 0 Å². The van der Waals surface area contributed by atoms with Crippen molar-refractivity contribution in [1.29, 1.82) is 0 Å². The molecular weight excluding hydrogens is 222 g/mol. The number of rotatable bonds is 5. The monoisotopic (exact) mass is 243 g/mol. The van der Waals surface area contributed by atoms with E-state index in [2.05, 4.69) is 37.9 Å². The third kappa shape index (κ3) is 3.48. The molecule has 1 heterocycles. The van der Waals surface area contributed by atoms with Crippen molar-refractivity contribution in [2.24, 2.45) is 0 Å². The number of nitrogens with zero attached hydrogens (tertiary/aromatic N) is 3. The van der Waals surface area contributed by atoms with Gasteiger partial charge in [0.25, 0.3) is 0 Å². The van der Waals surface area contributed by atoms with Crippen molar-refractivity contribution in [3.8, 4) is 0 Å². The molecule has 0 spiro atoms. The Morgan fingerprint density at radius 3 is 2.38 bits per heavy atom. The fourth-order valence-electron chi connectivity index (χ4n) is 1.73. The lowest BCUT2D eigenvalue weighted by molar-refractivity contribution is 0.481. The Bertz CT molecular complexity index is 325. The Hall–Kier alpha value is -0.570. The van der Waals surface area contributed by atoms with Crippen LogP contribution in [0.25, 0.3) is 0 Å². The lowest BCUT2D eigenvalue weighted by Crippen LogP contribution is -2.19. The lowest BCUT2D eigenvalue weighted by atomic mass is 9.95. The molecule has 0 aromatic carbocycles. The molecule has 1 rings (SSSR count). The van der Waals surface area contributed by atoms with Crippen molar-refractivity contribution in [1.82, 2.24) is 14.8 Å². The van der Waals surface area contributed by atoms with E-state index in [9.17, 15) is 0 Å². The van der Waals surface area contributed by atoms with Crippen molar-refractivity contribution in [3.05, 3.63) is 11.1 Å². The van der Waals surface area contributed by atoms with Gasteiger partial charge in [-0.05, 0) is 18.0 Å². The minimum atomic E-state index is 0.00486. The molecule has 0 atom stereocenters. The highest BCUT2D eigenvalue weighted by Gasteiger charge is 2.22. The van der Waals surface area contributed by atoms with Crippen LogP contribution in [0.2, 0.25) is 5.28 Å². The Labute approximate surface area is 103 Å². The smallest absolute Gasteiger partial charge is 0.225 e. The zero-order chi connectivity index (χ0) is 12.2. The van der Waals surface area contributed by atoms with Gasteiger partial charge in [-0.3, -0.25) is 0 Å². The molecule has 0 aliphatic heterocycles. The van der Waals surface area contributed by atoms with Gasteiger partial charge in [0.1, 0.15) is 5.82 Å². The Morgan fingerprint density at radius 1 is 1.12 bits per heavy atom. The summed E-state index contributed by atoms with van der Waals surface area (Å²) < 4.78 is 2.04. The van der Waals surface area contributed by atoms with Crippen molar-refractivity contribution >= 4 is 11.6 Å². The van der Waals surface area contributed by atoms with E-state index < -0.39 is 0 Å². The molecule has 0 aliphatic carbocycles.